The largest absolute Gasteiger partial charge is 0.493 e. The van der Waals surface area contributed by atoms with Gasteiger partial charge in [0.1, 0.15) is 0 Å². The molecule has 3 nitrogen and oxygen atoms in total. The summed E-state index contributed by atoms with van der Waals surface area (Å²) >= 11 is 12.5. The summed E-state index contributed by atoms with van der Waals surface area (Å²) in [6, 6.07) is 25.6. The first-order chi connectivity index (χ1) is 16.6. The Kier molecular flexibility index (Phi) is 6.69. The van der Waals surface area contributed by atoms with Gasteiger partial charge in [-0.05, 0) is 70.1 Å². The molecule has 0 radical (unpaired) electrons. The minimum absolute atomic E-state index is 0.184. The van der Waals surface area contributed by atoms with E-state index < -0.39 is 0 Å². The van der Waals surface area contributed by atoms with Crippen LogP contribution in [0.2, 0.25) is 10.0 Å². The van der Waals surface area contributed by atoms with Crippen LogP contribution in [0.15, 0.2) is 72.8 Å². The monoisotopic (exact) mass is 491 g/mol. The van der Waals surface area contributed by atoms with Crippen LogP contribution in [0.3, 0.4) is 0 Å². The van der Waals surface area contributed by atoms with Gasteiger partial charge in [0.05, 0.1) is 24.3 Å². The third-order valence-corrected chi connectivity index (χ3v) is 7.52. The number of hydrogen-bond donors (Lipinski definition) is 0. The van der Waals surface area contributed by atoms with Crippen LogP contribution in [0.4, 0.5) is 0 Å². The van der Waals surface area contributed by atoms with Crippen molar-refractivity contribution in [2.45, 2.75) is 25.4 Å². The summed E-state index contributed by atoms with van der Waals surface area (Å²) in [7, 11) is 3.39. The number of benzene rings is 4. The highest BCUT2D eigenvalue weighted by Gasteiger charge is 2.30. The Morgan fingerprint density at radius 1 is 0.853 bits per heavy atom. The van der Waals surface area contributed by atoms with Gasteiger partial charge in [-0.15, -0.1) is 0 Å². The minimum atomic E-state index is 0.184. The lowest BCUT2D eigenvalue weighted by Gasteiger charge is -2.38. The van der Waals surface area contributed by atoms with Gasteiger partial charge in [-0.1, -0.05) is 71.7 Å². The lowest BCUT2D eigenvalue weighted by atomic mass is 9.86. The van der Waals surface area contributed by atoms with Gasteiger partial charge in [0.2, 0.25) is 0 Å². The lowest BCUT2D eigenvalue weighted by molar-refractivity contribution is 0.174. The van der Waals surface area contributed by atoms with Crippen molar-refractivity contribution >= 4 is 34.0 Å². The summed E-state index contributed by atoms with van der Waals surface area (Å²) in [6.07, 6.45) is 1.84. The number of hydrogen-bond acceptors (Lipinski definition) is 3. The first-order valence-electron chi connectivity index (χ1n) is 11.5. The van der Waals surface area contributed by atoms with Crippen LogP contribution in [0.5, 0.6) is 11.5 Å². The average molecular weight is 492 g/mol. The Morgan fingerprint density at radius 3 is 2.41 bits per heavy atom. The zero-order valence-electron chi connectivity index (χ0n) is 19.4. The van der Waals surface area contributed by atoms with Crippen LogP contribution in [0, 0.1) is 0 Å². The molecular weight excluding hydrogens is 465 g/mol. The van der Waals surface area contributed by atoms with Gasteiger partial charge in [0, 0.05) is 19.1 Å². The molecule has 34 heavy (non-hydrogen) atoms. The summed E-state index contributed by atoms with van der Waals surface area (Å²) in [6.45, 7) is 1.73. The number of halogens is 2. The van der Waals surface area contributed by atoms with Gasteiger partial charge in [0.15, 0.2) is 11.5 Å². The number of nitrogens with zero attached hydrogens (tertiary/aromatic N) is 1. The topological polar surface area (TPSA) is 21.7 Å². The summed E-state index contributed by atoms with van der Waals surface area (Å²) in [5.74, 6) is 1.55. The standard InChI is InChI=1S/C29H27Cl2NO2/c1-33-28-16-22-12-13-32(18-19-10-11-25(30)26(31)14-19)27(24(22)17-29(28)34-2)15-21-8-5-7-20-6-3-4-9-23(20)21/h3-11,14,16-17,27H,12-13,15,18H2,1-2H3. The van der Waals surface area contributed by atoms with E-state index in [9.17, 15) is 0 Å². The van der Waals surface area contributed by atoms with E-state index >= 15 is 0 Å². The second-order valence-electron chi connectivity index (χ2n) is 8.73. The van der Waals surface area contributed by atoms with E-state index in [1.807, 2.05) is 12.1 Å². The van der Waals surface area contributed by atoms with Crippen molar-refractivity contribution in [1.82, 2.24) is 4.90 Å². The van der Waals surface area contributed by atoms with Crippen LogP contribution in [0.1, 0.15) is 28.3 Å². The molecule has 0 saturated heterocycles. The Balaban J connectivity index is 1.58. The first kappa shape index (κ1) is 23.0. The molecule has 0 fully saturated rings. The van der Waals surface area contributed by atoms with Crippen LogP contribution >= 0.6 is 23.2 Å². The van der Waals surface area contributed by atoms with Gasteiger partial charge in [0.25, 0.3) is 0 Å². The molecule has 1 aliphatic heterocycles. The Labute approximate surface area is 210 Å². The van der Waals surface area contributed by atoms with Gasteiger partial charge in [-0.3, -0.25) is 4.90 Å². The molecule has 4 aromatic carbocycles. The molecule has 0 aromatic heterocycles. The molecule has 1 aliphatic rings. The molecule has 0 N–H and O–H groups in total. The first-order valence-corrected chi connectivity index (χ1v) is 12.2. The Morgan fingerprint density at radius 2 is 1.62 bits per heavy atom. The molecule has 0 aliphatic carbocycles. The molecule has 0 saturated carbocycles. The fourth-order valence-corrected chi connectivity index (χ4v) is 5.38. The Bertz CT molecular complexity index is 1330. The molecule has 1 unspecified atom stereocenters. The van der Waals surface area contributed by atoms with Crippen molar-refractivity contribution in [2.75, 3.05) is 20.8 Å². The predicted molar refractivity (Wildman–Crippen MR) is 141 cm³/mol. The van der Waals surface area contributed by atoms with E-state index in [0.717, 1.165) is 43.0 Å². The third-order valence-electron chi connectivity index (χ3n) is 6.78. The van der Waals surface area contributed by atoms with Gasteiger partial charge in [-0.2, -0.15) is 0 Å². The van der Waals surface area contributed by atoms with Crippen LogP contribution in [-0.4, -0.2) is 25.7 Å². The van der Waals surface area contributed by atoms with Crippen LogP contribution in [0.25, 0.3) is 10.8 Å². The van der Waals surface area contributed by atoms with Crippen molar-refractivity contribution in [2.24, 2.45) is 0 Å². The molecule has 0 bridgehead atoms. The summed E-state index contributed by atoms with van der Waals surface area (Å²) in [5.41, 5.74) is 5.09. The van der Waals surface area contributed by atoms with Crippen LogP contribution in [-0.2, 0) is 19.4 Å². The Hall–Kier alpha value is -2.72. The molecule has 5 rings (SSSR count). The molecule has 0 spiro atoms. The quantitative estimate of drug-likeness (QED) is 0.278. The number of ether oxygens (including phenoxy) is 2. The number of methoxy groups -OCH3 is 2. The number of rotatable bonds is 6. The fraction of sp³-hybridized carbons (Fsp3) is 0.241. The maximum atomic E-state index is 6.34. The van der Waals surface area contributed by atoms with E-state index in [-0.39, 0.29) is 6.04 Å². The summed E-state index contributed by atoms with van der Waals surface area (Å²) in [5, 5.41) is 3.73. The maximum absolute atomic E-state index is 6.34. The minimum Gasteiger partial charge on any atom is -0.493 e. The molecule has 0 amide bonds. The van der Waals surface area contributed by atoms with E-state index in [2.05, 4.69) is 65.6 Å². The zero-order valence-corrected chi connectivity index (χ0v) is 20.9. The van der Waals surface area contributed by atoms with Gasteiger partial charge in [-0.25, -0.2) is 0 Å². The number of fused-ring (bicyclic) bond motifs is 2. The second-order valence-corrected chi connectivity index (χ2v) is 9.55. The van der Waals surface area contributed by atoms with Crippen molar-refractivity contribution in [1.29, 1.82) is 0 Å². The average Bonchev–Trinajstić information content (AvgIpc) is 2.87. The van der Waals surface area contributed by atoms with Gasteiger partial charge >= 0.3 is 0 Å². The van der Waals surface area contributed by atoms with Crippen molar-refractivity contribution in [3.63, 3.8) is 0 Å². The second kappa shape index (κ2) is 9.87. The third kappa shape index (κ3) is 4.48. The van der Waals surface area contributed by atoms with Crippen molar-refractivity contribution < 1.29 is 9.47 Å². The zero-order chi connectivity index (χ0) is 23.7. The highest BCUT2D eigenvalue weighted by atomic mass is 35.5. The molecule has 5 heteroatoms. The molecule has 1 atom stereocenters. The van der Waals surface area contributed by atoms with E-state index in [4.69, 9.17) is 32.7 Å². The maximum Gasteiger partial charge on any atom is 0.161 e. The SMILES string of the molecule is COc1cc2c(cc1OC)C(Cc1cccc3ccccc13)N(Cc1ccc(Cl)c(Cl)c1)CC2. The van der Waals surface area contributed by atoms with E-state index in [1.165, 1.54) is 27.5 Å². The normalized spacial score (nSPS) is 15.8. The lowest BCUT2D eigenvalue weighted by Crippen LogP contribution is -2.36. The highest BCUT2D eigenvalue weighted by Crippen LogP contribution is 2.41. The van der Waals surface area contributed by atoms with Gasteiger partial charge < -0.3 is 9.47 Å². The predicted octanol–water partition coefficient (Wildman–Crippen LogP) is 7.51. The highest BCUT2D eigenvalue weighted by molar-refractivity contribution is 6.42. The molecule has 1 heterocycles. The van der Waals surface area contributed by atoms with Crippen molar-refractivity contribution in [3.8, 4) is 11.5 Å². The van der Waals surface area contributed by atoms with Crippen molar-refractivity contribution in [3.05, 3.63) is 105 Å². The smallest absolute Gasteiger partial charge is 0.161 e. The molecular formula is C29H27Cl2NO2. The molecule has 4 aromatic rings. The van der Waals surface area contributed by atoms with E-state index in [1.54, 1.807) is 14.2 Å². The van der Waals surface area contributed by atoms with E-state index in [0.29, 0.717) is 10.0 Å². The summed E-state index contributed by atoms with van der Waals surface area (Å²) in [4.78, 5) is 2.54. The summed E-state index contributed by atoms with van der Waals surface area (Å²) < 4.78 is 11.3. The fourth-order valence-electron chi connectivity index (χ4n) is 5.06. The van der Waals surface area contributed by atoms with Crippen LogP contribution < -0.4 is 9.47 Å². The molecule has 174 valence electrons.